The van der Waals surface area contributed by atoms with E-state index < -0.39 is 0 Å². The minimum atomic E-state index is -0.212. The van der Waals surface area contributed by atoms with Crippen LogP contribution in [-0.4, -0.2) is 24.8 Å². The van der Waals surface area contributed by atoms with Crippen molar-refractivity contribution in [2.45, 2.75) is 13.5 Å². The van der Waals surface area contributed by atoms with Crippen molar-refractivity contribution in [1.82, 2.24) is 5.32 Å². The van der Waals surface area contributed by atoms with Crippen LogP contribution in [0.1, 0.15) is 18.1 Å². The molecule has 3 aromatic rings. The number of rotatable bonds is 8. The number of benzene rings is 3. The fourth-order valence-electron chi connectivity index (χ4n) is 3.23. The number of hydrogen-bond donors (Lipinski definition) is 1. The predicted molar refractivity (Wildman–Crippen MR) is 137 cm³/mol. The molecule has 0 saturated carbocycles. The second kappa shape index (κ2) is 11.1. The molecule has 0 atom stereocenters. The Balaban J connectivity index is 1.50. The lowest BCUT2D eigenvalue weighted by atomic mass is 10.2. The number of halogens is 1. The third-order valence-electron chi connectivity index (χ3n) is 4.86. The van der Waals surface area contributed by atoms with E-state index in [4.69, 9.17) is 25.8 Å². The zero-order chi connectivity index (χ0) is 23.9. The van der Waals surface area contributed by atoms with Crippen molar-refractivity contribution < 1.29 is 19.0 Å². The average Bonchev–Trinajstić information content (AvgIpc) is 3.18. The van der Waals surface area contributed by atoms with Gasteiger partial charge in [0.15, 0.2) is 16.7 Å². The molecule has 0 bridgehead atoms. The van der Waals surface area contributed by atoms with E-state index in [0.29, 0.717) is 51.2 Å². The highest BCUT2D eigenvalue weighted by Gasteiger charge is 2.24. The van der Waals surface area contributed by atoms with Gasteiger partial charge in [-0.25, -0.2) is 4.99 Å². The van der Waals surface area contributed by atoms with Crippen LogP contribution in [-0.2, 0) is 11.4 Å². The van der Waals surface area contributed by atoms with Crippen LogP contribution in [0.3, 0.4) is 0 Å². The Kier molecular flexibility index (Phi) is 7.77. The van der Waals surface area contributed by atoms with Crippen LogP contribution < -0.4 is 19.5 Å². The van der Waals surface area contributed by atoms with Crippen molar-refractivity contribution in [3.8, 4) is 17.2 Å². The van der Waals surface area contributed by atoms with Gasteiger partial charge < -0.3 is 19.5 Å². The number of para-hydroxylation sites is 2. The quantitative estimate of drug-likeness (QED) is 0.376. The molecule has 4 rings (SSSR count). The van der Waals surface area contributed by atoms with Gasteiger partial charge in [-0.15, -0.1) is 0 Å². The van der Waals surface area contributed by atoms with Gasteiger partial charge in [0.2, 0.25) is 0 Å². The summed E-state index contributed by atoms with van der Waals surface area (Å²) in [6, 6.07) is 20.5. The summed E-state index contributed by atoms with van der Waals surface area (Å²) in [6.45, 7) is 2.77. The zero-order valence-corrected chi connectivity index (χ0v) is 20.3. The summed E-state index contributed by atoms with van der Waals surface area (Å²) in [5, 5.41) is 3.95. The maximum absolute atomic E-state index is 12.5. The summed E-state index contributed by atoms with van der Waals surface area (Å²) in [6.07, 6.45) is 1.79. The molecular formula is C26H23ClN2O4S. The average molecular weight is 495 g/mol. The molecule has 8 heteroatoms. The van der Waals surface area contributed by atoms with E-state index >= 15 is 0 Å². The molecule has 1 N–H and O–H groups in total. The summed E-state index contributed by atoms with van der Waals surface area (Å²) in [4.78, 5) is 17.6. The standard InChI is InChI=1S/C26H23ClN2O4S/c1-3-32-21-11-7-6-10-20(21)28-26-29-25(30)24(34-26)15-17-12-13-22(23(14-17)31-2)33-16-18-8-4-5-9-19(18)27/h4-15H,3,16H2,1-2H3,(H,28,29,30). The van der Waals surface area contributed by atoms with Crippen molar-refractivity contribution in [3.05, 3.63) is 87.8 Å². The number of amidine groups is 1. The fourth-order valence-corrected chi connectivity index (χ4v) is 4.26. The molecule has 0 aliphatic carbocycles. The van der Waals surface area contributed by atoms with Crippen molar-refractivity contribution >= 4 is 46.2 Å². The number of thioether (sulfide) groups is 1. The second-order valence-electron chi connectivity index (χ2n) is 7.17. The summed E-state index contributed by atoms with van der Waals surface area (Å²) in [5.41, 5.74) is 2.35. The first kappa shape index (κ1) is 23.7. The van der Waals surface area contributed by atoms with Crippen molar-refractivity contribution in [2.75, 3.05) is 13.7 Å². The molecule has 1 fully saturated rings. The Morgan fingerprint density at radius 1 is 1.00 bits per heavy atom. The number of aliphatic imine (C=N–C) groups is 1. The van der Waals surface area contributed by atoms with Crippen LogP contribution in [0.15, 0.2) is 76.6 Å². The fraction of sp³-hybridized carbons (Fsp3) is 0.154. The van der Waals surface area contributed by atoms with Crippen molar-refractivity contribution in [1.29, 1.82) is 0 Å². The van der Waals surface area contributed by atoms with Gasteiger partial charge in [-0.1, -0.05) is 48.0 Å². The summed E-state index contributed by atoms with van der Waals surface area (Å²) in [5.74, 6) is 1.60. The number of carbonyl (C=O) groups is 1. The lowest BCUT2D eigenvalue weighted by Gasteiger charge is -2.12. The smallest absolute Gasteiger partial charge is 0.264 e. The SMILES string of the molecule is CCOc1ccccc1N=C1NC(=O)C(=Cc2ccc(OCc3ccccc3Cl)c(OC)c2)S1. The third-order valence-corrected chi connectivity index (χ3v) is 6.14. The summed E-state index contributed by atoms with van der Waals surface area (Å²) >= 11 is 7.48. The highest BCUT2D eigenvalue weighted by Crippen LogP contribution is 2.34. The molecule has 1 aliphatic rings. The van der Waals surface area contributed by atoms with Gasteiger partial charge in [0.25, 0.3) is 5.91 Å². The Morgan fingerprint density at radius 3 is 2.59 bits per heavy atom. The van der Waals surface area contributed by atoms with E-state index in [2.05, 4.69) is 10.3 Å². The Bertz CT molecular complexity index is 1260. The van der Waals surface area contributed by atoms with Gasteiger partial charge in [-0.3, -0.25) is 4.79 Å². The third kappa shape index (κ3) is 5.73. The van der Waals surface area contributed by atoms with E-state index in [1.165, 1.54) is 11.8 Å². The summed E-state index contributed by atoms with van der Waals surface area (Å²) in [7, 11) is 1.58. The van der Waals surface area contributed by atoms with E-state index in [1.807, 2.05) is 73.7 Å². The predicted octanol–water partition coefficient (Wildman–Crippen LogP) is 6.22. The molecule has 0 unspecified atom stereocenters. The monoisotopic (exact) mass is 494 g/mol. The zero-order valence-electron chi connectivity index (χ0n) is 18.7. The minimum Gasteiger partial charge on any atom is -0.493 e. The van der Waals surface area contributed by atoms with Crippen LogP contribution in [0.25, 0.3) is 6.08 Å². The van der Waals surface area contributed by atoms with Gasteiger partial charge in [0.05, 0.1) is 18.6 Å². The molecule has 1 saturated heterocycles. The molecule has 174 valence electrons. The summed E-state index contributed by atoms with van der Waals surface area (Å²) < 4.78 is 17.0. The van der Waals surface area contributed by atoms with Crippen molar-refractivity contribution in [3.63, 3.8) is 0 Å². The van der Waals surface area contributed by atoms with Crippen molar-refractivity contribution in [2.24, 2.45) is 4.99 Å². The number of methoxy groups -OCH3 is 1. The molecule has 6 nitrogen and oxygen atoms in total. The molecule has 0 spiro atoms. The van der Waals surface area contributed by atoms with Gasteiger partial charge >= 0.3 is 0 Å². The molecule has 34 heavy (non-hydrogen) atoms. The molecular weight excluding hydrogens is 472 g/mol. The lowest BCUT2D eigenvalue weighted by Crippen LogP contribution is -2.19. The maximum Gasteiger partial charge on any atom is 0.264 e. The van der Waals surface area contributed by atoms with Crippen LogP contribution in [0.5, 0.6) is 17.2 Å². The highest BCUT2D eigenvalue weighted by atomic mass is 35.5. The van der Waals surface area contributed by atoms with Gasteiger partial charge in [0, 0.05) is 10.6 Å². The molecule has 0 radical (unpaired) electrons. The van der Waals surface area contributed by atoms with E-state index in [0.717, 1.165) is 11.1 Å². The second-order valence-corrected chi connectivity index (χ2v) is 8.61. The number of hydrogen-bond acceptors (Lipinski definition) is 6. The van der Waals surface area contributed by atoms with Crippen LogP contribution in [0.4, 0.5) is 5.69 Å². The number of nitrogens with one attached hydrogen (secondary N) is 1. The Morgan fingerprint density at radius 2 is 1.79 bits per heavy atom. The lowest BCUT2D eigenvalue weighted by molar-refractivity contribution is -0.115. The van der Waals surface area contributed by atoms with Gasteiger partial charge in [0.1, 0.15) is 18.0 Å². The van der Waals surface area contributed by atoms with E-state index in [-0.39, 0.29) is 5.91 Å². The number of amides is 1. The molecule has 1 aliphatic heterocycles. The van der Waals surface area contributed by atoms with Gasteiger partial charge in [-0.05, 0) is 60.7 Å². The minimum absolute atomic E-state index is 0.212. The van der Waals surface area contributed by atoms with Crippen LogP contribution in [0, 0.1) is 0 Å². The number of nitrogens with zero attached hydrogens (tertiary/aromatic N) is 1. The largest absolute Gasteiger partial charge is 0.493 e. The molecule has 3 aromatic carbocycles. The van der Waals surface area contributed by atoms with E-state index in [1.54, 1.807) is 13.2 Å². The topological polar surface area (TPSA) is 69.2 Å². The molecule has 1 amide bonds. The van der Waals surface area contributed by atoms with Crippen LogP contribution in [0.2, 0.25) is 5.02 Å². The maximum atomic E-state index is 12.5. The molecule has 0 aromatic heterocycles. The Hall–Kier alpha value is -3.42. The first-order valence-corrected chi connectivity index (χ1v) is 11.8. The first-order chi connectivity index (χ1) is 16.6. The van der Waals surface area contributed by atoms with E-state index in [9.17, 15) is 4.79 Å². The first-order valence-electron chi connectivity index (χ1n) is 10.6. The Labute approximate surface area is 207 Å². The van der Waals surface area contributed by atoms with Crippen LogP contribution >= 0.6 is 23.4 Å². The normalized spacial score (nSPS) is 15.4. The van der Waals surface area contributed by atoms with Gasteiger partial charge in [-0.2, -0.15) is 0 Å². The number of carbonyl (C=O) groups excluding carboxylic acids is 1. The molecule has 1 heterocycles. The number of ether oxygens (including phenoxy) is 3. The highest BCUT2D eigenvalue weighted by molar-refractivity contribution is 8.18.